The number of hydrogen-bond donors (Lipinski definition) is 2. The van der Waals surface area contributed by atoms with E-state index < -0.39 is 6.10 Å². The average molecular weight is 261 g/mol. The van der Waals surface area contributed by atoms with Gasteiger partial charge in [-0.2, -0.15) is 5.10 Å². The Bertz CT molecular complexity index is 605. The van der Waals surface area contributed by atoms with Crippen molar-refractivity contribution >= 4 is 5.82 Å². The number of rotatable bonds is 3. The van der Waals surface area contributed by atoms with E-state index in [1.54, 1.807) is 25.0 Å². The summed E-state index contributed by atoms with van der Waals surface area (Å²) in [6.45, 7) is 3.88. The van der Waals surface area contributed by atoms with Crippen molar-refractivity contribution < 1.29 is 9.84 Å². The van der Waals surface area contributed by atoms with Gasteiger partial charge >= 0.3 is 0 Å². The Hall–Kier alpha value is -2.01. The molecule has 2 rings (SSSR count). The van der Waals surface area contributed by atoms with Crippen molar-refractivity contribution in [3.05, 3.63) is 40.6 Å². The van der Waals surface area contributed by atoms with E-state index in [0.29, 0.717) is 11.4 Å². The number of nitrogens with zero attached hydrogens (tertiary/aromatic N) is 2. The van der Waals surface area contributed by atoms with Crippen molar-refractivity contribution in [3.63, 3.8) is 0 Å². The Morgan fingerprint density at radius 1 is 1.26 bits per heavy atom. The SMILES string of the molecule is COc1cc(C)c(C(O)c2cnn(C)c2N)cc1C. The van der Waals surface area contributed by atoms with Crippen LogP contribution < -0.4 is 10.5 Å². The van der Waals surface area contributed by atoms with Crippen LogP contribution in [-0.4, -0.2) is 22.0 Å². The zero-order valence-electron chi connectivity index (χ0n) is 11.6. The second-order valence-corrected chi connectivity index (χ2v) is 4.69. The number of methoxy groups -OCH3 is 1. The summed E-state index contributed by atoms with van der Waals surface area (Å²) < 4.78 is 6.82. The normalized spacial score (nSPS) is 12.5. The Morgan fingerprint density at radius 2 is 1.95 bits per heavy atom. The van der Waals surface area contributed by atoms with Crippen LogP contribution in [0.25, 0.3) is 0 Å². The number of benzene rings is 1. The van der Waals surface area contributed by atoms with Crippen LogP contribution in [0.4, 0.5) is 5.82 Å². The molecule has 0 amide bonds. The van der Waals surface area contributed by atoms with Gasteiger partial charge in [-0.25, -0.2) is 0 Å². The molecule has 1 unspecified atom stereocenters. The van der Waals surface area contributed by atoms with Crippen LogP contribution >= 0.6 is 0 Å². The largest absolute Gasteiger partial charge is 0.496 e. The first-order chi connectivity index (χ1) is 8.95. The lowest BCUT2D eigenvalue weighted by Gasteiger charge is -2.16. The molecule has 0 fully saturated rings. The highest BCUT2D eigenvalue weighted by molar-refractivity contribution is 5.49. The number of hydrogen-bond acceptors (Lipinski definition) is 4. The molecule has 0 radical (unpaired) electrons. The quantitative estimate of drug-likeness (QED) is 0.882. The second-order valence-electron chi connectivity index (χ2n) is 4.69. The van der Waals surface area contributed by atoms with Gasteiger partial charge in [0.15, 0.2) is 0 Å². The summed E-state index contributed by atoms with van der Waals surface area (Å²) in [5.41, 5.74) is 9.27. The summed E-state index contributed by atoms with van der Waals surface area (Å²) in [6.07, 6.45) is 0.817. The molecule has 0 bridgehead atoms. The van der Waals surface area contributed by atoms with Gasteiger partial charge in [-0.3, -0.25) is 4.68 Å². The van der Waals surface area contributed by atoms with E-state index in [0.717, 1.165) is 22.4 Å². The van der Waals surface area contributed by atoms with Crippen molar-refractivity contribution in [2.75, 3.05) is 12.8 Å². The summed E-state index contributed by atoms with van der Waals surface area (Å²) in [5.74, 6) is 1.29. The van der Waals surface area contributed by atoms with Gasteiger partial charge in [-0.05, 0) is 42.7 Å². The van der Waals surface area contributed by atoms with Gasteiger partial charge in [-0.1, -0.05) is 0 Å². The molecule has 0 aliphatic carbocycles. The van der Waals surface area contributed by atoms with E-state index in [1.165, 1.54) is 0 Å². The highest BCUT2D eigenvalue weighted by atomic mass is 16.5. The predicted molar refractivity (Wildman–Crippen MR) is 74.2 cm³/mol. The number of aliphatic hydroxyl groups excluding tert-OH is 1. The van der Waals surface area contributed by atoms with Crippen LogP contribution in [0.2, 0.25) is 0 Å². The van der Waals surface area contributed by atoms with Gasteiger partial charge in [0.1, 0.15) is 17.7 Å². The smallest absolute Gasteiger partial charge is 0.127 e. The molecule has 5 nitrogen and oxygen atoms in total. The highest BCUT2D eigenvalue weighted by Crippen LogP contribution is 2.32. The Morgan fingerprint density at radius 3 is 2.47 bits per heavy atom. The predicted octanol–water partition coefficient (Wildman–Crippen LogP) is 1.71. The fourth-order valence-electron chi connectivity index (χ4n) is 2.17. The topological polar surface area (TPSA) is 73.3 Å². The van der Waals surface area contributed by atoms with Gasteiger partial charge in [-0.15, -0.1) is 0 Å². The summed E-state index contributed by atoms with van der Waals surface area (Å²) in [6, 6.07) is 3.84. The molecule has 1 heterocycles. The molecule has 0 aliphatic rings. The van der Waals surface area contributed by atoms with Crippen LogP contribution in [0.1, 0.15) is 28.4 Å². The van der Waals surface area contributed by atoms with Crippen molar-refractivity contribution in [3.8, 4) is 5.75 Å². The lowest BCUT2D eigenvalue weighted by molar-refractivity contribution is 0.220. The minimum atomic E-state index is -0.779. The fourth-order valence-corrected chi connectivity index (χ4v) is 2.17. The summed E-state index contributed by atoms with van der Waals surface area (Å²) in [5, 5.41) is 14.5. The number of anilines is 1. The molecular weight excluding hydrogens is 242 g/mol. The Labute approximate surface area is 112 Å². The van der Waals surface area contributed by atoms with E-state index in [9.17, 15) is 5.11 Å². The minimum absolute atomic E-state index is 0.473. The Balaban J connectivity index is 2.47. The Kier molecular flexibility index (Phi) is 3.48. The third kappa shape index (κ3) is 2.29. The van der Waals surface area contributed by atoms with E-state index >= 15 is 0 Å². The maximum atomic E-state index is 10.5. The minimum Gasteiger partial charge on any atom is -0.496 e. The zero-order chi connectivity index (χ0) is 14.2. The summed E-state index contributed by atoms with van der Waals surface area (Å²) >= 11 is 0. The molecule has 0 spiro atoms. The lowest BCUT2D eigenvalue weighted by Crippen LogP contribution is -2.07. The number of nitrogens with two attached hydrogens (primary N) is 1. The molecule has 102 valence electrons. The van der Waals surface area contributed by atoms with Gasteiger partial charge in [0.2, 0.25) is 0 Å². The molecule has 1 atom stereocenters. The molecule has 19 heavy (non-hydrogen) atoms. The first kappa shape index (κ1) is 13.4. The van der Waals surface area contributed by atoms with Crippen molar-refractivity contribution in [1.82, 2.24) is 9.78 Å². The monoisotopic (exact) mass is 261 g/mol. The van der Waals surface area contributed by atoms with Crippen molar-refractivity contribution in [2.24, 2.45) is 7.05 Å². The van der Waals surface area contributed by atoms with Crippen LogP contribution in [-0.2, 0) is 7.05 Å². The molecule has 1 aromatic heterocycles. The number of aryl methyl sites for hydroxylation is 3. The van der Waals surface area contributed by atoms with E-state index in [4.69, 9.17) is 10.5 Å². The average Bonchev–Trinajstić information content (AvgIpc) is 2.71. The van der Waals surface area contributed by atoms with Gasteiger partial charge < -0.3 is 15.6 Å². The molecule has 3 N–H and O–H groups in total. The van der Waals surface area contributed by atoms with Gasteiger partial charge in [0.05, 0.1) is 13.3 Å². The van der Waals surface area contributed by atoms with Crippen LogP contribution in [0.5, 0.6) is 5.75 Å². The summed E-state index contributed by atoms with van der Waals surface area (Å²) in [4.78, 5) is 0. The number of nitrogen functional groups attached to an aromatic ring is 1. The zero-order valence-corrected chi connectivity index (χ0v) is 11.6. The standard InChI is InChI=1S/C14H19N3O2/c1-8-6-12(19-4)9(2)5-10(8)13(18)11-7-16-17(3)14(11)15/h5-7,13,18H,15H2,1-4H3. The fraction of sp³-hybridized carbons (Fsp3) is 0.357. The van der Waals surface area contributed by atoms with E-state index in [-0.39, 0.29) is 0 Å². The molecule has 2 aromatic rings. The van der Waals surface area contributed by atoms with E-state index in [2.05, 4.69) is 5.10 Å². The number of aromatic nitrogens is 2. The number of aliphatic hydroxyl groups is 1. The molecule has 1 aromatic carbocycles. The lowest BCUT2D eigenvalue weighted by atomic mass is 9.96. The van der Waals surface area contributed by atoms with Crippen molar-refractivity contribution in [1.29, 1.82) is 0 Å². The maximum Gasteiger partial charge on any atom is 0.127 e. The molecule has 0 saturated carbocycles. The van der Waals surface area contributed by atoms with Crippen molar-refractivity contribution in [2.45, 2.75) is 20.0 Å². The van der Waals surface area contributed by atoms with Crippen LogP contribution in [0.15, 0.2) is 18.3 Å². The van der Waals surface area contributed by atoms with E-state index in [1.807, 2.05) is 26.0 Å². The summed E-state index contributed by atoms with van der Waals surface area (Å²) in [7, 11) is 3.38. The number of ether oxygens (including phenoxy) is 1. The molecule has 0 saturated heterocycles. The third-order valence-electron chi connectivity index (χ3n) is 3.39. The maximum absolute atomic E-state index is 10.5. The molecule has 5 heteroatoms. The highest BCUT2D eigenvalue weighted by Gasteiger charge is 2.19. The van der Waals surface area contributed by atoms with Gasteiger partial charge in [0.25, 0.3) is 0 Å². The molecular formula is C14H19N3O2. The third-order valence-corrected chi connectivity index (χ3v) is 3.39. The first-order valence-corrected chi connectivity index (χ1v) is 6.06. The second kappa shape index (κ2) is 4.93. The first-order valence-electron chi connectivity index (χ1n) is 6.06. The van der Waals surface area contributed by atoms with Crippen LogP contribution in [0, 0.1) is 13.8 Å². The van der Waals surface area contributed by atoms with Gasteiger partial charge in [0, 0.05) is 12.6 Å². The molecule has 0 aliphatic heterocycles. The van der Waals surface area contributed by atoms with Crippen LogP contribution in [0.3, 0.4) is 0 Å².